The molecule has 2 aliphatic rings. The molecule has 0 saturated carbocycles. The molecule has 5 rings (SSSR count). The molecular formula is C33H35F2NO2. The second kappa shape index (κ2) is 12.0. The minimum absolute atomic E-state index is 0.118. The summed E-state index contributed by atoms with van der Waals surface area (Å²) in [4.78, 5) is 6.39. The van der Waals surface area contributed by atoms with Crippen LogP contribution >= 0.6 is 0 Å². The Morgan fingerprint density at radius 3 is 2.53 bits per heavy atom. The Kier molecular flexibility index (Phi) is 8.23. The van der Waals surface area contributed by atoms with Gasteiger partial charge in [-0.15, -0.1) is 0 Å². The zero-order valence-electron chi connectivity index (χ0n) is 22.2. The number of halogens is 2. The maximum atomic E-state index is 13.2. The number of benzene rings is 3. The first kappa shape index (κ1) is 26.2. The smallest absolute Gasteiger partial charge is 0.172 e. The van der Waals surface area contributed by atoms with Gasteiger partial charge in [0.05, 0.1) is 6.67 Å². The van der Waals surface area contributed by atoms with Gasteiger partial charge in [0.1, 0.15) is 11.9 Å². The lowest BCUT2D eigenvalue weighted by Gasteiger charge is -2.25. The van der Waals surface area contributed by atoms with Gasteiger partial charge in [-0.2, -0.15) is 0 Å². The molecule has 1 atom stereocenters. The van der Waals surface area contributed by atoms with Gasteiger partial charge in [-0.25, -0.2) is 0 Å². The summed E-state index contributed by atoms with van der Waals surface area (Å²) >= 11 is 0. The van der Waals surface area contributed by atoms with Crippen LogP contribution in [0, 0.1) is 6.92 Å². The number of aryl methyl sites for hydroxylation is 2. The molecule has 1 saturated heterocycles. The Bertz CT molecular complexity index is 1330. The van der Waals surface area contributed by atoms with E-state index < -0.39 is 0 Å². The summed E-state index contributed by atoms with van der Waals surface area (Å²) < 4.78 is 32.0. The van der Waals surface area contributed by atoms with Gasteiger partial charge in [-0.05, 0) is 114 Å². The van der Waals surface area contributed by atoms with Crippen LogP contribution in [0.5, 0.6) is 11.5 Å². The second-order valence-electron chi connectivity index (χ2n) is 10.2. The van der Waals surface area contributed by atoms with Crippen molar-refractivity contribution in [3.05, 3.63) is 100 Å². The molecule has 3 aromatic rings. The highest BCUT2D eigenvalue weighted by Gasteiger charge is 2.25. The third-order valence-corrected chi connectivity index (χ3v) is 7.64. The fourth-order valence-electron chi connectivity index (χ4n) is 5.68. The Labute approximate surface area is 224 Å². The predicted molar refractivity (Wildman–Crippen MR) is 151 cm³/mol. The van der Waals surface area contributed by atoms with E-state index in [1.807, 2.05) is 25.1 Å². The molecule has 1 aliphatic carbocycles. The van der Waals surface area contributed by atoms with Crippen LogP contribution in [0.1, 0.15) is 59.6 Å². The largest absolute Gasteiger partial charge is 0.489 e. The average Bonchev–Trinajstić information content (AvgIpc) is 3.40. The van der Waals surface area contributed by atoms with Crippen molar-refractivity contribution in [3.63, 3.8) is 0 Å². The highest BCUT2D eigenvalue weighted by atomic mass is 19.3. The molecule has 0 N–H and O–H groups in total. The number of allylic oxidation sites excluding steroid dienone is 2. The van der Waals surface area contributed by atoms with E-state index in [1.165, 1.54) is 27.8 Å². The predicted octanol–water partition coefficient (Wildman–Crippen LogP) is 8.01. The molecule has 1 unspecified atom stereocenters. The van der Waals surface area contributed by atoms with Crippen molar-refractivity contribution in [3.8, 4) is 11.5 Å². The molecule has 1 fully saturated rings. The van der Waals surface area contributed by atoms with Crippen molar-refractivity contribution in [2.75, 3.05) is 26.3 Å². The van der Waals surface area contributed by atoms with Crippen molar-refractivity contribution in [1.29, 1.82) is 0 Å². The zero-order valence-corrected chi connectivity index (χ0v) is 22.2. The summed E-state index contributed by atoms with van der Waals surface area (Å²) in [5, 5.41) is 0. The van der Waals surface area contributed by atoms with E-state index in [1.54, 1.807) is 12.1 Å². The van der Waals surface area contributed by atoms with Crippen LogP contribution in [0.3, 0.4) is 0 Å². The molecule has 198 valence electrons. The topological polar surface area (TPSA) is 21.7 Å². The Balaban J connectivity index is 1.49. The van der Waals surface area contributed by atoms with Gasteiger partial charge in [0, 0.05) is 24.2 Å². The lowest BCUT2D eigenvalue weighted by atomic mass is 9.79. The lowest BCUT2D eigenvalue weighted by molar-refractivity contribution is -0.00624. The van der Waals surface area contributed by atoms with E-state index in [-0.39, 0.29) is 18.5 Å². The average molecular weight is 516 g/mol. The van der Waals surface area contributed by atoms with Crippen molar-refractivity contribution in [2.45, 2.75) is 45.6 Å². The van der Waals surface area contributed by atoms with Crippen LogP contribution in [0.25, 0.3) is 17.2 Å². The Morgan fingerprint density at radius 2 is 1.76 bits per heavy atom. The SMILES string of the molecule is C/C=C\c1cc(C2=C(c3ccc(OC4CCN(CCCF)C4)cc3)c3cc(OF)ccc3CC2)ccc1C. The van der Waals surface area contributed by atoms with Gasteiger partial charge in [-0.3, -0.25) is 14.2 Å². The quantitative estimate of drug-likeness (QED) is 0.288. The lowest BCUT2D eigenvalue weighted by Crippen LogP contribution is -2.26. The number of alkyl halides is 1. The van der Waals surface area contributed by atoms with Crippen molar-refractivity contribution < 1.29 is 18.6 Å². The molecule has 1 aliphatic heterocycles. The van der Waals surface area contributed by atoms with Gasteiger partial charge in [0.2, 0.25) is 0 Å². The van der Waals surface area contributed by atoms with Crippen molar-refractivity contribution >= 4 is 17.2 Å². The standard InChI is InChI=1S/C33H35F2NO2/c1-3-5-26-20-27(7-6-23(26)2)31-15-11-24-8-14-29(38-35)21-32(24)33(31)25-9-12-28(13-10-25)37-30-16-19-36(22-30)18-4-17-34/h3,5-10,12-14,20-21,30H,4,11,15-19,22H2,1-2H3/b5-3-. The summed E-state index contributed by atoms with van der Waals surface area (Å²) in [5.74, 6) is 1.04. The third kappa shape index (κ3) is 5.68. The van der Waals surface area contributed by atoms with Gasteiger partial charge in [0.25, 0.3) is 0 Å². The molecule has 0 radical (unpaired) electrons. The van der Waals surface area contributed by atoms with Gasteiger partial charge >= 0.3 is 0 Å². The Hall–Kier alpha value is -3.44. The maximum absolute atomic E-state index is 13.2. The first-order valence-corrected chi connectivity index (χ1v) is 13.5. The van der Waals surface area contributed by atoms with Crippen LogP contribution in [-0.4, -0.2) is 37.3 Å². The zero-order chi connectivity index (χ0) is 26.5. The van der Waals surface area contributed by atoms with Crippen LogP contribution in [0.2, 0.25) is 0 Å². The molecule has 1 heterocycles. The van der Waals surface area contributed by atoms with Crippen LogP contribution < -0.4 is 9.68 Å². The van der Waals surface area contributed by atoms with Gasteiger partial charge in [0.15, 0.2) is 5.75 Å². The van der Waals surface area contributed by atoms with Gasteiger partial charge in [-0.1, -0.05) is 42.5 Å². The molecule has 3 nitrogen and oxygen atoms in total. The van der Waals surface area contributed by atoms with E-state index in [9.17, 15) is 8.92 Å². The van der Waals surface area contributed by atoms with Crippen LogP contribution in [-0.2, 0) is 6.42 Å². The number of nitrogens with zero attached hydrogens (tertiary/aromatic N) is 1. The molecule has 38 heavy (non-hydrogen) atoms. The first-order valence-electron chi connectivity index (χ1n) is 13.5. The van der Waals surface area contributed by atoms with E-state index >= 15 is 0 Å². The summed E-state index contributed by atoms with van der Waals surface area (Å²) in [6.07, 6.45) is 7.62. The number of hydrogen-bond donors (Lipinski definition) is 0. The van der Waals surface area contributed by atoms with Crippen LogP contribution in [0.4, 0.5) is 8.92 Å². The van der Waals surface area contributed by atoms with E-state index in [4.69, 9.17) is 4.74 Å². The van der Waals surface area contributed by atoms with Crippen molar-refractivity contribution in [1.82, 2.24) is 4.90 Å². The monoisotopic (exact) mass is 515 g/mol. The summed E-state index contributed by atoms with van der Waals surface area (Å²) in [6.45, 7) is 6.44. The first-order chi connectivity index (χ1) is 18.6. The molecule has 0 bridgehead atoms. The van der Waals surface area contributed by atoms with E-state index in [0.29, 0.717) is 6.42 Å². The van der Waals surface area contributed by atoms with E-state index in [2.05, 4.69) is 59.2 Å². The fourth-order valence-corrected chi connectivity index (χ4v) is 5.68. The number of hydrogen-bond acceptors (Lipinski definition) is 3. The summed E-state index contributed by atoms with van der Waals surface area (Å²) in [5.41, 5.74) is 9.20. The maximum Gasteiger partial charge on any atom is 0.172 e. The molecular weight excluding hydrogens is 480 g/mol. The molecule has 0 aromatic heterocycles. The summed E-state index contributed by atoms with van der Waals surface area (Å²) in [6, 6.07) is 20.3. The minimum Gasteiger partial charge on any atom is -0.489 e. The molecule has 0 amide bonds. The minimum atomic E-state index is -0.275. The van der Waals surface area contributed by atoms with Crippen LogP contribution in [0.15, 0.2) is 66.7 Å². The number of ether oxygens (including phenoxy) is 1. The molecule has 0 spiro atoms. The Morgan fingerprint density at radius 1 is 0.974 bits per heavy atom. The number of fused-ring (bicyclic) bond motifs is 1. The molecule has 3 aromatic carbocycles. The number of rotatable bonds is 9. The van der Waals surface area contributed by atoms with E-state index in [0.717, 1.165) is 61.3 Å². The summed E-state index contributed by atoms with van der Waals surface area (Å²) in [7, 11) is 0. The third-order valence-electron chi connectivity index (χ3n) is 7.64. The highest BCUT2D eigenvalue weighted by molar-refractivity contribution is 6.01. The second-order valence-corrected chi connectivity index (χ2v) is 10.2. The fraction of sp³-hybridized carbons (Fsp3) is 0.333. The number of likely N-dealkylation sites (tertiary alicyclic amines) is 1. The highest BCUT2D eigenvalue weighted by Crippen LogP contribution is 2.43. The van der Waals surface area contributed by atoms with Crippen molar-refractivity contribution in [2.24, 2.45) is 0 Å². The normalized spacial score (nSPS) is 17.7. The van der Waals surface area contributed by atoms with Gasteiger partial charge < -0.3 is 4.74 Å². The molecule has 5 heteroatoms.